The Labute approximate surface area is 149 Å². The SMILES string of the molecule is O=c1oc2coc3ccc4c(=O)c5cc6ccccc6cc5nc4c3c2o1. The predicted octanol–water partition coefficient (Wildman–Crippen LogP) is 4.35. The van der Waals surface area contributed by atoms with Crippen molar-refractivity contribution in [1.29, 1.82) is 0 Å². The number of fused-ring (bicyclic) bond motifs is 7. The van der Waals surface area contributed by atoms with Gasteiger partial charge in [0.2, 0.25) is 5.58 Å². The lowest BCUT2D eigenvalue weighted by Gasteiger charge is -2.06. The molecule has 0 amide bonds. The van der Waals surface area contributed by atoms with Gasteiger partial charge in [-0.15, -0.1) is 0 Å². The van der Waals surface area contributed by atoms with Crippen molar-refractivity contribution in [3.63, 3.8) is 0 Å². The van der Waals surface area contributed by atoms with E-state index in [1.54, 1.807) is 12.1 Å². The summed E-state index contributed by atoms with van der Waals surface area (Å²) in [6.45, 7) is 0. The summed E-state index contributed by atoms with van der Waals surface area (Å²) < 4.78 is 15.7. The molecule has 0 aliphatic rings. The lowest BCUT2D eigenvalue weighted by atomic mass is 10.0. The van der Waals surface area contributed by atoms with Gasteiger partial charge in [-0.3, -0.25) is 4.79 Å². The molecule has 0 aliphatic carbocycles. The highest BCUT2D eigenvalue weighted by atomic mass is 16.6. The van der Waals surface area contributed by atoms with Crippen molar-refractivity contribution in [1.82, 2.24) is 4.98 Å². The Morgan fingerprint density at radius 2 is 1.63 bits per heavy atom. The van der Waals surface area contributed by atoms with Crippen molar-refractivity contribution in [2.24, 2.45) is 0 Å². The van der Waals surface area contributed by atoms with Gasteiger partial charge >= 0.3 is 5.82 Å². The largest absolute Gasteiger partial charge is 0.519 e. The van der Waals surface area contributed by atoms with E-state index in [1.807, 2.05) is 36.4 Å². The minimum atomic E-state index is -0.834. The molecule has 0 spiro atoms. The molecule has 27 heavy (non-hydrogen) atoms. The second-order valence-corrected chi connectivity index (χ2v) is 6.38. The van der Waals surface area contributed by atoms with E-state index in [0.29, 0.717) is 32.8 Å². The third kappa shape index (κ3) is 1.86. The van der Waals surface area contributed by atoms with E-state index < -0.39 is 5.82 Å². The van der Waals surface area contributed by atoms with E-state index in [2.05, 4.69) is 0 Å². The monoisotopic (exact) mass is 355 g/mol. The highest BCUT2D eigenvalue weighted by Crippen LogP contribution is 2.31. The molecule has 3 heterocycles. The molecule has 0 N–H and O–H groups in total. The maximum atomic E-state index is 13.1. The van der Waals surface area contributed by atoms with Crippen LogP contribution in [0.5, 0.6) is 0 Å². The summed E-state index contributed by atoms with van der Waals surface area (Å²) in [7, 11) is 0. The van der Waals surface area contributed by atoms with Gasteiger partial charge in [-0.05, 0) is 35.0 Å². The Balaban J connectivity index is 1.91. The molecule has 0 bridgehead atoms. The van der Waals surface area contributed by atoms with E-state index >= 15 is 0 Å². The molecule has 0 unspecified atom stereocenters. The van der Waals surface area contributed by atoms with Crippen molar-refractivity contribution in [2.75, 3.05) is 0 Å². The smallest absolute Gasteiger partial charge is 0.460 e. The molecular formula is C21H9NO5. The van der Waals surface area contributed by atoms with Gasteiger partial charge in [-0.25, -0.2) is 9.78 Å². The zero-order valence-electron chi connectivity index (χ0n) is 13.7. The van der Waals surface area contributed by atoms with Gasteiger partial charge in [0, 0.05) is 10.8 Å². The summed E-state index contributed by atoms with van der Waals surface area (Å²) in [4.78, 5) is 29.4. The number of rotatable bonds is 0. The normalized spacial score (nSPS) is 12.0. The van der Waals surface area contributed by atoms with E-state index in [4.69, 9.17) is 18.2 Å². The Hall–Kier alpha value is -3.93. The van der Waals surface area contributed by atoms with E-state index in [0.717, 1.165) is 10.8 Å². The minimum absolute atomic E-state index is 0.134. The topological polar surface area (TPSA) is 86.5 Å². The summed E-state index contributed by atoms with van der Waals surface area (Å²) in [6.07, 6.45) is 1.31. The zero-order chi connectivity index (χ0) is 18.1. The van der Waals surface area contributed by atoms with Crippen molar-refractivity contribution in [2.45, 2.75) is 0 Å². The molecule has 3 aromatic heterocycles. The molecule has 6 rings (SSSR count). The van der Waals surface area contributed by atoms with Crippen molar-refractivity contribution >= 4 is 54.7 Å². The summed E-state index contributed by atoms with van der Waals surface area (Å²) in [5.74, 6) is -0.834. The number of aromatic nitrogens is 1. The molecule has 6 aromatic rings. The van der Waals surface area contributed by atoms with Gasteiger partial charge in [0.1, 0.15) is 11.8 Å². The van der Waals surface area contributed by atoms with Crippen LogP contribution in [0.25, 0.3) is 54.7 Å². The van der Waals surface area contributed by atoms with E-state index in [1.165, 1.54) is 6.26 Å². The molecule has 0 saturated carbocycles. The Morgan fingerprint density at radius 1 is 0.815 bits per heavy atom. The third-order valence-electron chi connectivity index (χ3n) is 4.85. The third-order valence-corrected chi connectivity index (χ3v) is 4.85. The van der Waals surface area contributed by atoms with Gasteiger partial charge in [0.05, 0.1) is 16.4 Å². The first-order chi connectivity index (χ1) is 13.2. The van der Waals surface area contributed by atoms with Crippen molar-refractivity contribution in [3.8, 4) is 0 Å². The summed E-state index contributed by atoms with van der Waals surface area (Å²) in [6, 6.07) is 14.9. The molecule has 128 valence electrons. The van der Waals surface area contributed by atoms with Gasteiger partial charge in [-0.1, -0.05) is 24.3 Å². The average molecular weight is 355 g/mol. The number of nitrogens with zero attached hydrogens (tertiary/aromatic N) is 1. The fraction of sp³-hybridized carbons (Fsp3) is 0. The van der Waals surface area contributed by atoms with Gasteiger partial charge < -0.3 is 13.3 Å². The molecule has 0 saturated heterocycles. The maximum absolute atomic E-state index is 13.1. The van der Waals surface area contributed by atoms with Crippen molar-refractivity contribution in [3.05, 3.63) is 75.6 Å². The molecule has 3 aromatic carbocycles. The number of hydrogen-bond acceptors (Lipinski definition) is 6. The first-order valence-corrected chi connectivity index (χ1v) is 8.29. The van der Waals surface area contributed by atoms with Crippen LogP contribution in [-0.2, 0) is 0 Å². The maximum Gasteiger partial charge on any atom is 0.519 e. The fourth-order valence-electron chi connectivity index (χ4n) is 3.62. The standard InChI is InChI=1S/C21H9NO5/c23-19-12-5-6-15-17(20-16(9-25-15)26-21(24)27-20)18(12)22-14-8-11-4-2-1-3-10(11)7-13(14)19/h1-9H. The highest BCUT2D eigenvalue weighted by Gasteiger charge is 2.17. The van der Waals surface area contributed by atoms with Crippen LogP contribution in [0.4, 0.5) is 0 Å². The van der Waals surface area contributed by atoms with Crippen LogP contribution in [0.15, 0.2) is 77.6 Å². The lowest BCUT2D eigenvalue weighted by molar-refractivity contribution is 0.408. The predicted molar refractivity (Wildman–Crippen MR) is 101 cm³/mol. The van der Waals surface area contributed by atoms with Crippen LogP contribution < -0.4 is 11.3 Å². The molecule has 6 nitrogen and oxygen atoms in total. The van der Waals surface area contributed by atoms with Gasteiger partial charge in [0.15, 0.2) is 11.0 Å². The Bertz CT molecular complexity index is 1670. The molecule has 0 aliphatic heterocycles. The lowest BCUT2D eigenvalue weighted by Crippen LogP contribution is -2.04. The summed E-state index contributed by atoms with van der Waals surface area (Å²) >= 11 is 0. The first kappa shape index (κ1) is 14.3. The van der Waals surface area contributed by atoms with E-state index in [-0.39, 0.29) is 16.6 Å². The molecule has 0 radical (unpaired) electrons. The van der Waals surface area contributed by atoms with Gasteiger partial charge in [-0.2, -0.15) is 0 Å². The fourth-order valence-corrected chi connectivity index (χ4v) is 3.62. The highest BCUT2D eigenvalue weighted by molar-refractivity contribution is 6.15. The second-order valence-electron chi connectivity index (χ2n) is 6.38. The Morgan fingerprint density at radius 3 is 2.48 bits per heavy atom. The van der Waals surface area contributed by atoms with Crippen LogP contribution >= 0.6 is 0 Å². The van der Waals surface area contributed by atoms with Crippen LogP contribution in [-0.4, -0.2) is 4.98 Å². The molecular weight excluding hydrogens is 346 g/mol. The Kier molecular flexibility index (Phi) is 2.55. The van der Waals surface area contributed by atoms with Crippen LogP contribution in [0.2, 0.25) is 0 Å². The number of hydrogen-bond donors (Lipinski definition) is 0. The zero-order valence-corrected chi connectivity index (χ0v) is 13.7. The number of pyridine rings is 1. The van der Waals surface area contributed by atoms with Gasteiger partial charge in [0.25, 0.3) is 0 Å². The average Bonchev–Trinajstić information content (AvgIpc) is 3.07. The first-order valence-electron chi connectivity index (χ1n) is 8.29. The van der Waals surface area contributed by atoms with Crippen LogP contribution in [0.3, 0.4) is 0 Å². The molecule has 0 atom stereocenters. The van der Waals surface area contributed by atoms with E-state index in [9.17, 15) is 9.59 Å². The molecule has 6 heteroatoms. The van der Waals surface area contributed by atoms with Crippen LogP contribution in [0, 0.1) is 0 Å². The van der Waals surface area contributed by atoms with Crippen molar-refractivity contribution < 1.29 is 13.3 Å². The minimum Gasteiger partial charge on any atom is -0.460 e. The quantitative estimate of drug-likeness (QED) is 0.297. The summed E-state index contributed by atoms with van der Waals surface area (Å²) in [5, 5.41) is 3.38. The second kappa shape index (κ2) is 4.82. The molecule has 0 fully saturated rings. The summed E-state index contributed by atoms with van der Waals surface area (Å²) in [5.41, 5.74) is 1.70. The number of benzene rings is 3. The van der Waals surface area contributed by atoms with Crippen LogP contribution in [0.1, 0.15) is 0 Å².